The summed E-state index contributed by atoms with van der Waals surface area (Å²) >= 11 is 1.73. The number of fused-ring (bicyclic) bond motifs is 1. The minimum Gasteiger partial charge on any atom is -0.388 e. The highest BCUT2D eigenvalue weighted by Gasteiger charge is 2.08. The van der Waals surface area contributed by atoms with Gasteiger partial charge >= 0.3 is 0 Å². The number of rotatable bonds is 3. The molecule has 4 rings (SSSR count). The number of anilines is 1. The molecular formula is C21H18N2OS. The van der Waals surface area contributed by atoms with E-state index in [2.05, 4.69) is 34.6 Å². The number of hydrogen-bond acceptors (Lipinski definition) is 4. The van der Waals surface area contributed by atoms with Crippen molar-refractivity contribution in [3.63, 3.8) is 0 Å². The zero-order valence-corrected chi connectivity index (χ0v) is 14.7. The second-order valence-electron chi connectivity index (χ2n) is 5.31. The van der Waals surface area contributed by atoms with Gasteiger partial charge in [0.1, 0.15) is 11.3 Å². The highest BCUT2D eigenvalue weighted by Crippen LogP contribution is 2.33. The molecule has 3 nitrogen and oxygen atoms in total. The standard InChI is InChI=1S/C14H12N2S.C7H6O/c1-15-11-7-3-2-6-10(11)14-16-12-8-4-5-9-13(12)17-14;8-6-7-4-2-1-3-5-7/h2-9,15H,1H3;1-6H. The molecule has 3 aromatic carbocycles. The smallest absolute Gasteiger partial charge is 0.150 e. The van der Waals surface area contributed by atoms with E-state index in [1.807, 2.05) is 49.5 Å². The third-order valence-electron chi connectivity index (χ3n) is 3.66. The van der Waals surface area contributed by atoms with Crippen molar-refractivity contribution in [1.29, 1.82) is 0 Å². The summed E-state index contributed by atoms with van der Waals surface area (Å²) in [6.45, 7) is 0. The molecule has 4 aromatic rings. The summed E-state index contributed by atoms with van der Waals surface area (Å²) in [5.41, 5.74) is 4.08. The number of thiazole rings is 1. The molecule has 0 fully saturated rings. The number of nitrogens with zero attached hydrogens (tertiary/aromatic N) is 1. The molecule has 0 saturated carbocycles. The molecule has 0 aliphatic heterocycles. The third-order valence-corrected chi connectivity index (χ3v) is 4.73. The van der Waals surface area contributed by atoms with Crippen LogP contribution in [0.3, 0.4) is 0 Å². The van der Waals surface area contributed by atoms with Gasteiger partial charge in [-0.2, -0.15) is 0 Å². The number of nitrogens with one attached hydrogen (secondary N) is 1. The second-order valence-corrected chi connectivity index (χ2v) is 6.34. The zero-order valence-electron chi connectivity index (χ0n) is 13.8. The van der Waals surface area contributed by atoms with Crippen molar-refractivity contribution >= 4 is 33.5 Å². The van der Waals surface area contributed by atoms with E-state index in [0.717, 1.165) is 33.6 Å². The fourth-order valence-corrected chi connectivity index (χ4v) is 3.41. The van der Waals surface area contributed by atoms with Crippen molar-refractivity contribution in [2.24, 2.45) is 0 Å². The van der Waals surface area contributed by atoms with Crippen molar-refractivity contribution in [2.45, 2.75) is 0 Å². The Morgan fingerprint density at radius 1 is 0.880 bits per heavy atom. The summed E-state index contributed by atoms with van der Waals surface area (Å²) in [6.07, 6.45) is 0.833. The summed E-state index contributed by atoms with van der Waals surface area (Å²) in [4.78, 5) is 14.7. The molecule has 0 aliphatic rings. The molecule has 1 heterocycles. The summed E-state index contributed by atoms with van der Waals surface area (Å²) in [5, 5.41) is 4.27. The molecule has 0 amide bonds. The first kappa shape index (κ1) is 16.9. The lowest BCUT2D eigenvalue weighted by molar-refractivity contribution is 0.112. The SMILES string of the molecule is CNc1ccccc1-c1nc2ccccc2s1.O=Cc1ccccc1. The Bertz CT molecular complexity index is 931. The van der Waals surface area contributed by atoms with Crippen molar-refractivity contribution < 1.29 is 4.79 Å². The first-order valence-electron chi connectivity index (χ1n) is 7.95. The van der Waals surface area contributed by atoms with Gasteiger partial charge in [-0.3, -0.25) is 4.79 Å². The van der Waals surface area contributed by atoms with Gasteiger partial charge in [0.25, 0.3) is 0 Å². The predicted molar refractivity (Wildman–Crippen MR) is 106 cm³/mol. The Balaban J connectivity index is 0.000000192. The van der Waals surface area contributed by atoms with E-state index in [1.54, 1.807) is 23.5 Å². The average Bonchev–Trinajstić information content (AvgIpc) is 3.13. The van der Waals surface area contributed by atoms with Gasteiger partial charge in [0.2, 0.25) is 0 Å². The Kier molecular flexibility index (Phi) is 5.54. The van der Waals surface area contributed by atoms with Crippen LogP contribution >= 0.6 is 11.3 Å². The van der Waals surface area contributed by atoms with E-state index >= 15 is 0 Å². The van der Waals surface area contributed by atoms with Crippen molar-refractivity contribution in [3.8, 4) is 10.6 Å². The molecule has 124 valence electrons. The van der Waals surface area contributed by atoms with Crippen LogP contribution < -0.4 is 5.32 Å². The minimum absolute atomic E-state index is 0.729. The number of aromatic nitrogens is 1. The highest BCUT2D eigenvalue weighted by molar-refractivity contribution is 7.21. The molecule has 0 atom stereocenters. The van der Waals surface area contributed by atoms with Crippen LogP contribution in [-0.4, -0.2) is 18.3 Å². The molecule has 0 unspecified atom stereocenters. The summed E-state index contributed by atoms with van der Waals surface area (Å²) < 4.78 is 1.23. The molecule has 0 bridgehead atoms. The summed E-state index contributed by atoms with van der Waals surface area (Å²) in [7, 11) is 1.94. The van der Waals surface area contributed by atoms with Gasteiger partial charge in [-0.05, 0) is 24.3 Å². The van der Waals surface area contributed by atoms with Crippen LogP contribution in [0.2, 0.25) is 0 Å². The maximum absolute atomic E-state index is 10.0. The number of hydrogen-bond donors (Lipinski definition) is 1. The van der Waals surface area contributed by atoms with Gasteiger partial charge < -0.3 is 5.32 Å². The lowest BCUT2D eigenvalue weighted by Crippen LogP contribution is -1.90. The number of carbonyl (C=O) groups excluding carboxylic acids is 1. The normalized spacial score (nSPS) is 9.96. The predicted octanol–water partition coefficient (Wildman–Crippen LogP) is 5.50. The van der Waals surface area contributed by atoms with E-state index in [-0.39, 0.29) is 0 Å². The van der Waals surface area contributed by atoms with E-state index in [1.165, 1.54) is 4.70 Å². The fourth-order valence-electron chi connectivity index (χ4n) is 2.41. The first-order chi connectivity index (χ1) is 12.3. The van der Waals surface area contributed by atoms with Crippen LogP contribution in [-0.2, 0) is 0 Å². The Morgan fingerprint density at radius 2 is 1.56 bits per heavy atom. The van der Waals surface area contributed by atoms with Crippen LogP contribution in [0.5, 0.6) is 0 Å². The van der Waals surface area contributed by atoms with Crippen LogP contribution in [0.4, 0.5) is 5.69 Å². The van der Waals surface area contributed by atoms with Crippen molar-refractivity contribution in [3.05, 3.63) is 84.4 Å². The van der Waals surface area contributed by atoms with Gasteiger partial charge in [0.05, 0.1) is 10.2 Å². The van der Waals surface area contributed by atoms with Crippen LogP contribution in [0.25, 0.3) is 20.8 Å². The number of carbonyl (C=O) groups is 1. The lowest BCUT2D eigenvalue weighted by Gasteiger charge is -2.04. The van der Waals surface area contributed by atoms with Crippen molar-refractivity contribution in [2.75, 3.05) is 12.4 Å². The van der Waals surface area contributed by atoms with Crippen molar-refractivity contribution in [1.82, 2.24) is 4.98 Å². The zero-order chi connectivity index (χ0) is 17.5. The number of aldehydes is 1. The molecule has 1 N–H and O–H groups in total. The summed E-state index contributed by atoms with van der Waals surface area (Å²) in [5.74, 6) is 0. The van der Waals surface area contributed by atoms with E-state index in [4.69, 9.17) is 0 Å². The third kappa shape index (κ3) is 4.11. The molecule has 1 aromatic heterocycles. The van der Waals surface area contributed by atoms with Gasteiger partial charge in [-0.15, -0.1) is 11.3 Å². The molecule has 25 heavy (non-hydrogen) atoms. The topological polar surface area (TPSA) is 42.0 Å². The molecule has 0 saturated heterocycles. The van der Waals surface area contributed by atoms with Crippen LogP contribution in [0.15, 0.2) is 78.9 Å². The summed E-state index contributed by atoms with van der Waals surface area (Å²) in [6, 6.07) is 25.6. The maximum atomic E-state index is 10.0. The molecule has 4 heteroatoms. The molecule has 0 radical (unpaired) electrons. The van der Waals surface area contributed by atoms with Gasteiger partial charge in [-0.1, -0.05) is 54.6 Å². The highest BCUT2D eigenvalue weighted by atomic mass is 32.1. The van der Waals surface area contributed by atoms with Crippen LogP contribution in [0.1, 0.15) is 10.4 Å². The van der Waals surface area contributed by atoms with E-state index in [0.29, 0.717) is 0 Å². The maximum Gasteiger partial charge on any atom is 0.150 e. The fraction of sp³-hybridized carbons (Fsp3) is 0.0476. The van der Waals surface area contributed by atoms with Gasteiger partial charge in [0, 0.05) is 23.9 Å². The lowest BCUT2D eigenvalue weighted by atomic mass is 10.2. The van der Waals surface area contributed by atoms with E-state index < -0.39 is 0 Å². The minimum atomic E-state index is 0.729. The average molecular weight is 346 g/mol. The van der Waals surface area contributed by atoms with Gasteiger partial charge in [0.15, 0.2) is 0 Å². The first-order valence-corrected chi connectivity index (χ1v) is 8.76. The number of para-hydroxylation sites is 2. The monoisotopic (exact) mass is 346 g/mol. The Morgan fingerprint density at radius 3 is 2.24 bits per heavy atom. The Hall–Kier alpha value is -2.98. The molecule has 0 spiro atoms. The van der Waals surface area contributed by atoms with Crippen LogP contribution in [0, 0.1) is 0 Å². The second kappa shape index (κ2) is 8.22. The molecular weight excluding hydrogens is 328 g/mol. The Labute approximate surface area is 151 Å². The molecule has 0 aliphatic carbocycles. The number of benzene rings is 3. The quantitative estimate of drug-likeness (QED) is 0.498. The van der Waals surface area contributed by atoms with Gasteiger partial charge in [-0.25, -0.2) is 4.98 Å². The van der Waals surface area contributed by atoms with E-state index in [9.17, 15) is 4.79 Å². The largest absolute Gasteiger partial charge is 0.388 e.